The van der Waals surface area contributed by atoms with Gasteiger partial charge in [-0.2, -0.15) is 0 Å². The van der Waals surface area contributed by atoms with Crippen molar-refractivity contribution in [2.75, 3.05) is 32.1 Å². The molecule has 6 nitrogen and oxygen atoms in total. The Hall–Kier alpha value is -2.03. The lowest BCUT2D eigenvalue weighted by Crippen LogP contribution is -2.36. The summed E-state index contributed by atoms with van der Waals surface area (Å²) in [6, 6.07) is 12.3. The molecule has 1 fully saturated rings. The molecule has 2 heterocycles. The summed E-state index contributed by atoms with van der Waals surface area (Å²) in [5.74, 6) is 2.72. The summed E-state index contributed by atoms with van der Waals surface area (Å²) in [7, 11) is 3.47. The van der Waals surface area contributed by atoms with Crippen molar-refractivity contribution in [1.29, 1.82) is 0 Å². The van der Waals surface area contributed by atoms with E-state index in [-0.39, 0.29) is 24.0 Å². The van der Waals surface area contributed by atoms with Crippen LogP contribution in [0.2, 0.25) is 0 Å². The van der Waals surface area contributed by atoms with Crippen molar-refractivity contribution in [3.8, 4) is 5.75 Å². The lowest BCUT2D eigenvalue weighted by atomic mass is 10.2. The molecule has 0 unspecified atom stereocenters. The average Bonchev–Trinajstić information content (AvgIpc) is 3.04. The van der Waals surface area contributed by atoms with E-state index < -0.39 is 0 Å². The van der Waals surface area contributed by atoms with E-state index in [2.05, 4.69) is 43.7 Å². The molecule has 1 aliphatic rings. The third-order valence-electron chi connectivity index (χ3n) is 5.02. The van der Waals surface area contributed by atoms with Gasteiger partial charge in [-0.1, -0.05) is 25.0 Å². The number of anilines is 1. The Labute approximate surface area is 191 Å². The Morgan fingerprint density at radius 2 is 1.72 bits per heavy atom. The molecule has 0 bridgehead atoms. The fourth-order valence-electron chi connectivity index (χ4n) is 3.42. The first-order chi connectivity index (χ1) is 13.8. The van der Waals surface area contributed by atoms with E-state index in [4.69, 9.17) is 4.74 Å². The molecule has 29 heavy (non-hydrogen) atoms. The van der Waals surface area contributed by atoms with Crippen LogP contribution in [0.1, 0.15) is 36.8 Å². The van der Waals surface area contributed by atoms with Crippen LogP contribution in [0.25, 0.3) is 0 Å². The molecule has 1 aromatic carbocycles. The molecule has 1 saturated heterocycles. The highest BCUT2D eigenvalue weighted by molar-refractivity contribution is 14.0. The van der Waals surface area contributed by atoms with Crippen LogP contribution in [0.5, 0.6) is 5.75 Å². The maximum Gasteiger partial charge on any atom is 0.191 e. The Bertz CT molecular complexity index is 775. The number of hydrogen-bond acceptors (Lipinski definition) is 4. The molecule has 0 aliphatic carbocycles. The van der Waals surface area contributed by atoms with E-state index in [1.54, 1.807) is 14.2 Å². The lowest BCUT2D eigenvalue weighted by Gasteiger charge is -2.22. The Balaban J connectivity index is 0.00000300. The molecule has 0 spiro atoms. The van der Waals surface area contributed by atoms with Crippen LogP contribution in [-0.4, -0.2) is 38.2 Å². The topological polar surface area (TPSA) is 61.8 Å². The Morgan fingerprint density at radius 3 is 2.38 bits per heavy atom. The van der Waals surface area contributed by atoms with Crippen molar-refractivity contribution >= 4 is 35.8 Å². The third-order valence-corrected chi connectivity index (χ3v) is 5.02. The largest absolute Gasteiger partial charge is 0.497 e. The Kier molecular flexibility index (Phi) is 10.0. The van der Waals surface area contributed by atoms with Crippen molar-refractivity contribution < 1.29 is 4.74 Å². The predicted molar refractivity (Wildman–Crippen MR) is 130 cm³/mol. The van der Waals surface area contributed by atoms with Gasteiger partial charge in [0.15, 0.2) is 5.96 Å². The first-order valence-electron chi connectivity index (χ1n) is 10.1. The van der Waals surface area contributed by atoms with Crippen LogP contribution in [0, 0.1) is 0 Å². The van der Waals surface area contributed by atoms with Crippen LogP contribution in [0.3, 0.4) is 0 Å². The van der Waals surface area contributed by atoms with Crippen molar-refractivity contribution in [2.24, 2.45) is 4.99 Å². The van der Waals surface area contributed by atoms with E-state index >= 15 is 0 Å². The van der Waals surface area contributed by atoms with Crippen LogP contribution < -0.4 is 20.3 Å². The lowest BCUT2D eigenvalue weighted by molar-refractivity contribution is 0.414. The van der Waals surface area contributed by atoms with Gasteiger partial charge in [-0.15, -0.1) is 24.0 Å². The second kappa shape index (κ2) is 12.5. The maximum atomic E-state index is 5.28. The summed E-state index contributed by atoms with van der Waals surface area (Å²) in [5, 5.41) is 6.74. The molecule has 3 rings (SSSR count). The molecular weight excluding hydrogens is 477 g/mol. The molecule has 1 aromatic heterocycles. The number of nitrogens with one attached hydrogen (secondary N) is 2. The summed E-state index contributed by atoms with van der Waals surface area (Å²) in [6.07, 6.45) is 7.07. The van der Waals surface area contributed by atoms with Gasteiger partial charge in [-0.05, 0) is 48.2 Å². The van der Waals surface area contributed by atoms with Crippen LogP contribution >= 0.6 is 24.0 Å². The number of aliphatic imine (C=N–C) groups is 1. The van der Waals surface area contributed by atoms with Crippen molar-refractivity contribution in [2.45, 2.75) is 38.8 Å². The number of ether oxygens (including phenoxy) is 1. The van der Waals surface area contributed by atoms with Gasteiger partial charge >= 0.3 is 0 Å². The number of halogens is 1. The van der Waals surface area contributed by atoms with Crippen LogP contribution in [0.15, 0.2) is 47.6 Å². The predicted octanol–water partition coefficient (Wildman–Crippen LogP) is 3.95. The zero-order valence-corrected chi connectivity index (χ0v) is 19.7. The summed E-state index contributed by atoms with van der Waals surface area (Å²) < 4.78 is 5.28. The number of pyridine rings is 1. The van der Waals surface area contributed by atoms with Crippen molar-refractivity contribution in [3.63, 3.8) is 0 Å². The van der Waals surface area contributed by atoms with Gasteiger partial charge in [0.2, 0.25) is 0 Å². The van der Waals surface area contributed by atoms with E-state index in [0.717, 1.165) is 36.2 Å². The molecule has 2 aromatic rings. The van der Waals surface area contributed by atoms with Crippen LogP contribution in [-0.2, 0) is 13.1 Å². The number of rotatable bonds is 6. The highest BCUT2D eigenvalue weighted by atomic mass is 127. The standard InChI is InChI=1S/C22H31N5O.HI/c1-23-22(25-16-18-8-7-9-20(14-18)28-2)26-17-19-10-11-24-21(15-19)27-12-5-3-4-6-13-27;/h7-11,14-15H,3-6,12-13,16-17H2,1-2H3,(H2,23,25,26);1H. The fourth-order valence-corrected chi connectivity index (χ4v) is 3.42. The molecule has 2 N–H and O–H groups in total. The highest BCUT2D eigenvalue weighted by Gasteiger charge is 2.11. The third kappa shape index (κ3) is 7.38. The number of nitrogens with zero attached hydrogens (tertiary/aromatic N) is 3. The molecule has 7 heteroatoms. The molecule has 0 radical (unpaired) electrons. The molecule has 0 atom stereocenters. The quantitative estimate of drug-likeness (QED) is 0.351. The highest BCUT2D eigenvalue weighted by Crippen LogP contribution is 2.18. The molecule has 1 aliphatic heterocycles. The van der Waals surface area contributed by atoms with Gasteiger partial charge in [0.05, 0.1) is 7.11 Å². The fraction of sp³-hybridized carbons (Fsp3) is 0.455. The second-order valence-corrected chi connectivity index (χ2v) is 7.05. The number of guanidine groups is 1. The van der Waals surface area contributed by atoms with Crippen molar-refractivity contribution in [1.82, 2.24) is 15.6 Å². The Morgan fingerprint density at radius 1 is 1.03 bits per heavy atom. The number of hydrogen-bond donors (Lipinski definition) is 2. The maximum absolute atomic E-state index is 5.28. The zero-order chi connectivity index (χ0) is 19.6. The summed E-state index contributed by atoms with van der Waals surface area (Å²) in [6.45, 7) is 3.61. The van der Waals surface area contributed by atoms with E-state index in [1.807, 2.05) is 24.4 Å². The van der Waals surface area contributed by atoms with Crippen LogP contribution in [0.4, 0.5) is 5.82 Å². The van der Waals surface area contributed by atoms with E-state index in [9.17, 15) is 0 Å². The van der Waals surface area contributed by atoms with E-state index in [0.29, 0.717) is 13.1 Å². The minimum absolute atomic E-state index is 0. The molecule has 0 amide bonds. The SMILES string of the molecule is CN=C(NCc1cccc(OC)c1)NCc1ccnc(N2CCCCCC2)c1.I. The normalized spacial score (nSPS) is 14.6. The number of methoxy groups -OCH3 is 1. The van der Waals surface area contributed by atoms with E-state index in [1.165, 1.54) is 31.2 Å². The zero-order valence-electron chi connectivity index (χ0n) is 17.4. The number of benzene rings is 1. The van der Waals surface area contributed by atoms with Gasteiger partial charge in [0.25, 0.3) is 0 Å². The summed E-state index contributed by atoms with van der Waals surface area (Å²) >= 11 is 0. The minimum atomic E-state index is 0. The first kappa shape index (κ1) is 23.3. The summed E-state index contributed by atoms with van der Waals surface area (Å²) in [4.78, 5) is 11.3. The average molecular weight is 509 g/mol. The van der Waals surface area contributed by atoms with Gasteiger partial charge in [0, 0.05) is 39.4 Å². The number of aromatic nitrogens is 1. The monoisotopic (exact) mass is 509 g/mol. The molecule has 158 valence electrons. The second-order valence-electron chi connectivity index (χ2n) is 7.05. The van der Waals surface area contributed by atoms with Gasteiger partial charge < -0.3 is 20.3 Å². The van der Waals surface area contributed by atoms with Gasteiger partial charge in [-0.25, -0.2) is 4.98 Å². The first-order valence-corrected chi connectivity index (χ1v) is 10.1. The smallest absolute Gasteiger partial charge is 0.191 e. The molecule has 0 saturated carbocycles. The van der Waals surface area contributed by atoms with Gasteiger partial charge in [-0.3, -0.25) is 4.99 Å². The van der Waals surface area contributed by atoms with Crippen molar-refractivity contribution in [3.05, 3.63) is 53.7 Å². The summed E-state index contributed by atoms with van der Waals surface area (Å²) in [5.41, 5.74) is 2.35. The van der Waals surface area contributed by atoms with Gasteiger partial charge in [0.1, 0.15) is 11.6 Å². The minimum Gasteiger partial charge on any atom is -0.497 e. The molecular formula is C22H32IN5O.